The minimum atomic E-state index is -0.617. The molecule has 0 unspecified atom stereocenters. The number of hydrogen-bond acceptors (Lipinski definition) is 10. The molecule has 0 aliphatic heterocycles. The van der Waals surface area contributed by atoms with Crippen LogP contribution in [0.5, 0.6) is 0 Å². The number of fused-ring (bicyclic) bond motifs is 1. The first-order valence-electron chi connectivity index (χ1n) is 7.67. The topological polar surface area (TPSA) is 153 Å². The van der Waals surface area contributed by atoms with E-state index in [1.807, 2.05) is 24.3 Å². The number of aromatic nitrogens is 8. The molecule has 0 saturated heterocycles. The highest BCUT2D eigenvalue weighted by Crippen LogP contribution is 2.19. The van der Waals surface area contributed by atoms with Crippen molar-refractivity contribution in [1.29, 1.82) is 0 Å². The van der Waals surface area contributed by atoms with Gasteiger partial charge in [0.05, 0.1) is 18.7 Å². The second-order valence-corrected chi connectivity index (χ2v) is 5.23. The number of nitrogens with zero attached hydrogens (tertiary/aromatic N) is 8. The number of carbonyl (C=O) groups is 1. The van der Waals surface area contributed by atoms with Gasteiger partial charge in [0.15, 0.2) is 5.69 Å². The van der Waals surface area contributed by atoms with Crippen LogP contribution in [0.1, 0.15) is 23.1 Å². The minimum absolute atomic E-state index is 0.00927. The van der Waals surface area contributed by atoms with E-state index in [9.17, 15) is 4.79 Å². The molecule has 132 valence electrons. The molecule has 4 rings (SSSR count). The Kier molecular flexibility index (Phi) is 3.76. The molecule has 0 aliphatic rings. The van der Waals surface area contributed by atoms with E-state index in [4.69, 9.17) is 10.5 Å². The summed E-state index contributed by atoms with van der Waals surface area (Å²) in [5, 5.41) is 23.3. The number of benzene rings is 1. The van der Waals surface area contributed by atoms with E-state index < -0.39 is 5.97 Å². The van der Waals surface area contributed by atoms with Crippen molar-refractivity contribution in [2.75, 3.05) is 12.3 Å². The van der Waals surface area contributed by atoms with Crippen LogP contribution in [0, 0.1) is 0 Å². The molecule has 1 aromatic carbocycles. The average molecular weight is 355 g/mol. The Morgan fingerprint density at radius 2 is 2.08 bits per heavy atom. The van der Waals surface area contributed by atoms with Crippen LogP contribution < -0.4 is 5.73 Å². The van der Waals surface area contributed by atoms with Crippen molar-refractivity contribution in [2.24, 2.45) is 0 Å². The Morgan fingerprint density at radius 3 is 2.85 bits per heavy atom. The zero-order valence-electron chi connectivity index (χ0n) is 13.6. The fourth-order valence-corrected chi connectivity index (χ4v) is 2.49. The van der Waals surface area contributed by atoms with Crippen LogP contribution in [0.2, 0.25) is 0 Å². The summed E-state index contributed by atoms with van der Waals surface area (Å²) in [6, 6.07) is 7.42. The van der Waals surface area contributed by atoms with Crippen LogP contribution in [-0.2, 0) is 11.3 Å². The zero-order chi connectivity index (χ0) is 18.1. The summed E-state index contributed by atoms with van der Waals surface area (Å²) in [6.07, 6.45) is 0. The number of anilines is 1. The van der Waals surface area contributed by atoms with Gasteiger partial charge in [0, 0.05) is 0 Å². The van der Waals surface area contributed by atoms with Crippen molar-refractivity contribution in [3.05, 3.63) is 35.7 Å². The molecule has 0 bridgehead atoms. The smallest absolute Gasteiger partial charge is 0.360 e. The van der Waals surface area contributed by atoms with Gasteiger partial charge < -0.3 is 10.5 Å². The third kappa shape index (κ3) is 2.53. The molecule has 12 heteroatoms. The van der Waals surface area contributed by atoms with E-state index in [0.717, 1.165) is 5.52 Å². The van der Waals surface area contributed by atoms with Crippen LogP contribution in [-0.4, -0.2) is 52.9 Å². The predicted molar refractivity (Wildman–Crippen MR) is 86.2 cm³/mol. The third-order valence-corrected chi connectivity index (χ3v) is 3.65. The van der Waals surface area contributed by atoms with E-state index in [1.54, 1.807) is 11.6 Å². The van der Waals surface area contributed by atoms with Gasteiger partial charge in [0.2, 0.25) is 11.6 Å². The lowest BCUT2D eigenvalue weighted by atomic mass is 10.3. The van der Waals surface area contributed by atoms with E-state index in [-0.39, 0.29) is 30.5 Å². The SMILES string of the molecule is CCOC(=O)c1nnn(-c2nonc2N)c1Cn1nnc2ccccc21. The molecule has 0 saturated carbocycles. The van der Waals surface area contributed by atoms with Gasteiger partial charge in [-0.25, -0.2) is 14.1 Å². The molecule has 0 amide bonds. The number of carbonyl (C=O) groups excluding carboxylic acids is 1. The van der Waals surface area contributed by atoms with Gasteiger partial charge in [-0.15, -0.1) is 10.2 Å². The summed E-state index contributed by atoms with van der Waals surface area (Å²) >= 11 is 0. The maximum absolute atomic E-state index is 12.3. The summed E-state index contributed by atoms with van der Waals surface area (Å²) in [5.41, 5.74) is 7.62. The van der Waals surface area contributed by atoms with Gasteiger partial charge in [-0.3, -0.25) is 0 Å². The first kappa shape index (κ1) is 15.7. The number of nitrogens with two attached hydrogens (primary N) is 1. The van der Waals surface area contributed by atoms with E-state index in [2.05, 4.69) is 35.6 Å². The van der Waals surface area contributed by atoms with Gasteiger partial charge in [-0.1, -0.05) is 22.6 Å². The molecule has 3 heterocycles. The highest BCUT2D eigenvalue weighted by molar-refractivity contribution is 5.88. The summed E-state index contributed by atoms with van der Waals surface area (Å²) in [4.78, 5) is 12.3. The number of ether oxygens (including phenoxy) is 1. The average Bonchev–Trinajstić information content (AvgIpc) is 3.34. The van der Waals surface area contributed by atoms with E-state index >= 15 is 0 Å². The van der Waals surface area contributed by atoms with Crippen LogP contribution in [0.25, 0.3) is 16.9 Å². The van der Waals surface area contributed by atoms with E-state index in [1.165, 1.54) is 4.68 Å². The quantitative estimate of drug-likeness (QED) is 0.491. The molecule has 0 radical (unpaired) electrons. The second kappa shape index (κ2) is 6.23. The maximum Gasteiger partial charge on any atom is 0.360 e. The Bertz CT molecular complexity index is 1080. The number of para-hydroxylation sites is 1. The van der Waals surface area contributed by atoms with Crippen molar-refractivity contribution in [1.82, 2.24) is 40.3 Å². The maximum atomic E-state index is 12.3. The largest absolute Gasteiger partial charge is 0.461 e. The molecule has 3 aromatic heterocycles. The molecule has 2 N–H and O–H groups in total. The lowest BCUT2D eigenvalue weighted by molar-refractivity contribution is 0.0518. The summed E-state index contributed by atoms with van der Waals surface area (Å²) in [7, 11) is 0. The molecule has 0 atom stereocenters. The summed E-state index contributed by atoms with van der Waals surface area (Å²) in [6.45, 7) is 2.03. The first-order valence-corrected chi connectivity index (χ1v) is 7.67. The van der Waals surface area contributed by atoms with Crippen LogP contribution in [0.4, 0.5) is 5.82 Å². The Balaban J connectivity index is 1.83. The summed E-state index contributed by atoms with van der Waals surface area (Å²) in [5.74, 6) is -0.490. The summed E-state index contributed by atoms with van der Waals surface area (Å²) < 4.78 is 12.5. The fraction of sp³-hybridized carbons (Fsp3) is 0.214. The van der Waals surface area contributed by atoms with Gasteiger partial charge >= 0.3 is 5.97 Å². The second-order valence-electron chi connectivity index (χ2n) is 5.23. The standard InChI is InChI=1S/C14H13N9O3/c1-2-25-14(24)11-10(23(21-17-11)13-12(15)18-26-19-13)7-22-9-6-4-3-5-8(9)16-20-22/h3-6H,2,7H2,1H3,(H2,15,18). The molecule has 0 aliphatic carbocycles. The third-order valence-electron chi connectivity index (χ3n) is 3.65. The monoisotopic (exact) mass is 355 g/mol. The molecular formula is C14H13N9O3. The lowest BCUT2D eigenvalue weighted by Crippen LogP contribution is -2.15. The zero-order valence-corrected chi connectivity index (χ0v) is 13.6. The Labute approximate surface area is 145 Å². The minimum Gasteiger partial charge on any atom is -0.461 e. The molecule has 26 heavy (non-hydrogen) atoms. The van der Waals surface area contributed by atoms with Crippen LogP contribution in [0.15, 0.2) is 28.9 Å². The lowest BCUT2D eigenvalue weighted by Gasteiger charge is -2.06. The fourth-order valence-electron chi connectivity index (χ4n) is 2.49. The van der Waals surface area contributed by atoms with Gasteiger partial charge in [-0.05, 0) is 29.4 Å². The van der Waals surface area contributed by atoms with Gasteiger partial charge in [0.1, 0.15) is 11.2 Å². The normalized spacial score (nSPS) is 11.1. The number of rotatable bonds is 5. The van der Waals surface area contributed by atoms with Crippen LogP contribution >= 0.6 is 0 Å². The van der Waals surface area contributed by atoms with Crippen molar-refractivity contribution >= 4 is 22.8 Å². The molecular weight excluding hydrogens is 342 g/mol. The van der Waals surface area contributed by atoms with Gasteiger partial charge in [0.25, 0.3) is 0 Å². The first-order chi connectivity index (χ1) is 12.7. The Morgan fingerprint density at radius 1 is 1.23 bits per heavy atom. The van der Waals surface area contributed by atoms with Crippen molar-refractivity contribution in [2.45, 2.75) is 13.5 Å². The highest BCUT2D eigenvalue weighted by Gasteiger charge is 2.25. The van der Waals surface area contributed by atoms with Crippen molar-refractivity contribution in [3.63, 3.8) is 0 Å². The van der Waals surface area contributed by atoms with Crippen molar-refractivity contribution < 1.29 is 14.2 Å². The molecule has 0 spiro atoms. The van der Waals surface area contributed by atoms with Crippen molar-refractivity contribution in [3.8, 4) is 5.82 Å². The van der Waals surface area contributed by atoms with Gasteiger partial charge in [-0.2, -0.15) is 4.68 Å². The number of hydrogen-bond donors (Lipinski definition) is 1. The van der Waals surface area contributed by atoms with Crippen LogP contribution in [0.3, 0.4) is 0 Å². The Hall–Kier alpha value is -3.83. The highest BCUT2D eigenvalue weighted by atomic mass is 16.6. The molecule has 12 nitrogen and oxygen atoms in total. The number of nitrogen functional groups attached to an aromatic ring is 1. The predicted octanol–water partition coefficient (Wildman–Crippen LogP) is 0.202. The number of esters is 1. The molecule has 0 fully saturated rings. The molecule has 4 aromatic rings. The van der Waals surface area contributed by atoms with E-state index in [0.29, 0.717) is 11.2 Å².